The fraction of sp³-hybridized carbons (Fsp3) is 0.800. The highest BCUT2D eigenvalue weighted by molar-refractivity contribution is 5.67. The van der Waals surface area contributed by atoms with Crippen molar-refractivity contribution in [2.24, 2.45) is 11.8 Å². The van der Waals surface area contributed by atoms with E-state index in [0.29, 0.717) is 12.0 Å². The maximum absolute atomic E-state index is 11.1. The van der Waals surface area contributed by atoms with E-state index in [1.165, 1.54) is 6.92 Å². The first kappa shape index (κ1) is 28.0. The zero-order chi connectivity index (χ0) is 25.1. The molecule has 2 heterocycles. The average molecular weight is 471 g/mol. The van der Waals surface area contributed by atoms with Gasteiger partial charge in [0.05, 0.1) is 42.5 Å². The van der Waals surface area contributed by atoms with Crippen LogP contribution in [0.5, 0.6) is 0 Å². The Labute approximate surface area is 197 Å². The molecule has 0 bridgehead atoms. The molecule has 0 saturated carbocycles. The van der Waals surface area contributed by atoms with E-state index in [0.717, 1.165) is 0 Å². The summed E-state index contributed by atoms with van der Waals surface area (Å²) in [6.07, 6.45) is 2.57. The van der Waals surface area contributed by atoms with E-state index in [4.69, 9.17) is 19.3 Å². The lowest BCUT2D eigenvalue weighted by Crippen LogP contribution is -2.59. The van der Waals surface area contributed by atoms with Crippen LogP contribution in [-0.2, 0) is 19.0 Å². The molecule has 0 amide bonds. The number of ether oxygens (including phenoxy) is 3. The van der Waals surface area contributed by atoms with Gasteiger partial charge in [-0.05, 0) is 45.6 Å². The molecule has 2 aliphatic rings. The first-order valence-electron chi connectivity index (χ1n) is 11.7. The summed E-state index contributed by atoms with van der Waals surface area (Å²) < 4.78 is 17.5. The predicted octanol–water partition coefficient (Wildman–Crippen LogP) is 2.45. The molecule has 0 spiro atoms. The highest BCUT2D eigenvalue weighted by atomic mass is 16.6. The molecule has 190 valence electrons. The van der Waals surface area contributed by atoms with Crippen molar-refractivity contribution in [2.45, 2.75) is 109 Å². The zero-order valence-corrected chi connectivity index (χ0v) is 20.9. The molecule has 2 aliphatic heterocycles. The van der Waals surface area contributed by atoms with Crippen LogP contribution in [0.15, 0.2) is 23.8 Å². The number of aliphatic carboxylic acids is 1. The summed E-state index contributed by atoms with van der Waals surface area (Å²) in [4.78, 5) is 11.1. The van der Waals surface area contributed by atoms with Crippen molar-refractivity contribution < 1.29 is 39.4 Å². The van der Waals surface area contributed by atoms with Gasteiger partial charge in [0.15, 0.2) is 0 Å². The van der Waals surface area contributed by atoms with Gasteiger partial charge in [0.1, 0.15) is 11.7 Å². The third-order valence-corrected chi connectivity index (χ3v) is 7.19. The summed E-state index contributed by atoms with van der Waals surface area (Å²) in [6, 6.07) is 0. The molecule has 8 nitrogen and oxygen atoms in total. The van der Waals surface area contributed by atoms with Gasteiger partial charge in [0.25, 0.3) is 0 Å². The molecule has 4 N–H and O–H groups in total. The van der Waals surface area contributed by atoms with Crippen LogP contribution in [0, 0.1) is 11.8 Å². The summed E-state index contributed by atoms with van der Waals surface area (Å²) in [6.45, 7) is 11.2. The molecule has 0 radical (unpaired) electrons. The summed E-state index contributed by atoms with van der Waals surface area (Å²) in [5, 5.41) is 41.0. The number of rotatable bonds is 8. The molecular formula is C25H42O8. The molecule has 0 aromatic rings. The number of carboxylic acid groups (broad SMARTS) is 1. The Morgan fingerprint density at radius 2 is 1.91 bits per heavy atom. The van der Waals surface area contributed by atoms with Crippen LogP contribution in [0.1, 0.15) is 60.8 Å². The smallest absolute Gasteiger partial charge is 0.305 e. The Balaban J connectivity index is 2.07. The lowest BCUT2D eigenvalue weighted by atomic mass is 9.76. The minimum Gasteiger partial charge on any atom is -0.481 e. The van der Waals surface area contributed by atoms with Gasteiger partial charge in [-0.1, -0.05) is 32.1 Å². The molecule has 2 fully saturated rings. The van der Waals surface area contributed by atoms with Crippen LogP contribution >= 0.6 is 0 Å². The van der Waals surface area contributed by atoms with Gasteiger partial charge in [-0.3, -0.25) is 4.79 Å². The van der Waals surface area contributed by atoms with Crippen LogP contribution in [0.4, 0.5) is 0 Å². The topological polar surface area (TPSA) is 126 Å². The monoisotopic (exact) mass is 470 g/mol. The number of hydrogen-bond donors (Lipinski definition) is 4. The number of methoxy groups -OCH3 is 1. The largest absolute Gasteiger partial charge is 0.481 e. The maximum atomic E-state index is 11.1. The molecule has 8 heteroatoms. The third kappa shape index (κ3) is 6.44. The van der Waals surface area contributed by atoms with E-state index < -0.39 is 41.6 Å². The van der Waals surface area contributed by atoms with Gasteiger partial charge in [-0.2, -0.15) is 0 Å². The quantitative estimate of drug-likeness (QED) is 0.399. The maximum Gasteiger partial charge on any atom is 0.305 e. The van der Waals surface area contributed by atoms with Crippen molar-refractivity contribution >= 4 is 5.97 Å². The molecule has 33 heavy (non-hydrogen) atoms. The van der Waals surface area contributed by atoms with Gasteiger partial charge in [-0.25, -0.2) is 0 Å². The van der Waals surface area contributed by atoms with Crippen molar-refractivity contribution in [1.82, 2.24) is 0 Å². The molecule has 10 atom stereocenters. The number of aliphatic hydroxyl groups is 3. The van der Waals surface area contributed by atoms with Gasteiger partial charge < -0.3 is 34.6 Å². The number of hydrogen-bond acceptors (Lipinski definition) is 7. The van der Waals surface area contributed by atoms with Gasteiger partial charge in [0.2, 0.25) is 0 Å². The van der Waals surface area contributed by atoms with Crippen molar-refractivity contribution in [2.75, 3.05) is 7.11 Å². The normalized spacial score (nSPS) is 43.6. The van der Waals surface area contributed by atoms with Crippen molar-refractivity contribution in [3.63, 3.8) is 0 Å². The highest BCUT2D eigenvalue weighted by Gasteiger charge is 2.49. The summed E-state index contributed by atoms with van der Waals surface area (Å²) >= 11 is 0. The number of allylic oxidation sites excluding steroid dienone is 3. The second-order valence-corrected chi connectivity index (χ2v) is 10.3. The van der Waals surface area contributed by atoms with Crippen molar-refractivity contribution in [3.8, 4) is 0 Å². The van der Waals surface area contributed by atoms with E-state index in [1.807, 2.05) is 39.8 Å². The van der Waals surface area contributed by atoms with E-state index in [1.54, 1.807) is 20.1 Å². The Hall–Kier alpha value is -1.29. The summed E-state index contributed by atoms with van der Waals surface area (Å²) in [7, 11) is 1.63. The molecule has 0 aromatic carbocycles. The van der Waals surface area contributed by atoms with Gasteiger partial charge in [-0.15, -0.1) is 0 Å². The van der Waals surface area contributed by atoms with E-state index in [2.05, 4.69) is 0 Å². The van der Waals surface area contributed by atoms with Crippen LogP contribution in [0.2, 0.25) is 0 Å². The number of aliphatic hydroxyl groups excluding tert-OH is 2. The van der Waals surface area contributed by atoms with E-state index in [-0.39, 0.29) is 36.9 Å². The minimum absolute atomic E-state index is 0.0575. The fourth-order valence-corrected chi connectivity index (χ4v) is 5.43. The molecule has 2 rings (SSSR count). The molecule has 2 saturated heterocycles. The molecule has 0 aliphatic carbocycles. The van der Waals surface area contributed by atoms with E-state index in [9.17, 15) is 20.1 Å². The summed E-state index contributed by atoms with van der Waals surface area (Å²) in [5.74, 6) is -0.979. The summed E-state index contributed by atoms with van der Waals surface area (Å²) in [5.41, 5.74) is -1.55. The van der Waals surface area contributed by atoms with Crippen molar-refractivity contribution in [3.05, 3.63) is 23.8 Å². The van der Waals surface area contributed by atoms with Crippen LogP contribution in [0.3, 0.4) is 0 Å². The lowest BCUT2D eigenvalue weighted by molar-refractivity contribution is -0.247. The first-order valence-corrected chi connectivity index (χ1v) is 11.7. The second kappa shape index (κ2) is 11.0. The first-order chi connectivity index (χ1) is 15.2. The third-order valence-electron chi connectivity index (χ3n) is 7.19. The standard InChI is InChI=1S/C25H42O8/c1-14(13-24(5)22(29)16(3)21(31-7)17(4)33-24)9-8-10-15(2)23-25(6,30)19(26)11-18(32-23)12-20(27)28/h8-10,14,16-19,21-23,26,29-30H,11-13H2,1-7H3,(H,27,28). The predicted molar refractivity (Wildman–Crippen MR) is 124 cm³/mol. The molecule has 0 aromatic heterocycles. The lowest BCUT2D eigenvalue weighted by Gasteiger charge is -2.49. The number of carboxylic acids is 1. The van der Waals surface area contributed by atoms with E-state index >= 15 is 0 Å². The molecular weight excluding hydrogens is 428 g/mol. The van der Waals surface area contributed by atoms with Gasteiger partial charge >= 0.3 is 5.97 Å². The van der Waals surface area contributed by atoms with Crippen LogP contribution in [-0.4, -0.2) is 81.3 Å². The average Bonchev–Trinajstić information content (AvgIpc) is 2.68. The van der Waals surface area contributed by atoms with Crippen LogP contribution < -0.4 is 0 Å². The zero-order valence-electron chi connectivity index (χ0n) is 20.9. The molecule has 10 unspecified atom stereocenters. The fourth-order valence-electron chi connectivity index (χ4n) is 5.43. The Morgan fingerprint density at radius 3 is 2.48 bits per heavy atom. The number of carbonyl (C=O) groups is 1. The van der Waals surface area contributed by atoms with Crippen molar-refractivity contribution in [1.29, 1.82) is 0 Å². The SMILES string of the molecule is COC1C(C)OC(C)(CC(C)C=CC=C(C)C2OC(CC(=O)O)CC(O)C2(C)O)C(O)C1C. The Morgan fingerprint density at radius 1 is 1.27 bits per heavy atom. The van der Waals surface area contributed by atoms with Crippen LogP contribution in [0.25, 0.3) is 0 Å². The van der Waals surface area contributed by atoms with Gasteiger partial charge in [0, 0.05) is 19.4 Å². The Kier molecular flexibility index (Phi) is 9.29. The Bertz CT molecular complexity index is 732. The minimum atomic E-state index is -1.52. The second-order valence-electron chi connectivity index (χ2n) is 10.3. The highest BCUT2D eigenvalue weighted by Crippen LogP contribution is 2.39.